The molecular weight excluding hydrogens is 324 g/mol. The van der Waals surface area contributed by atoms with E-state index in [1.165, 1.54) is 6.92 Å². The highest BCUT2D eigenvalue weighted by atomic mass is 19.3. The van der Waals surface area contributed by atoms with E-state index in [9.17, 15) is 23.2 Å². The summed E-state index contributed by atoms with van der Waals surface area (Å²) < 4.78 is 29.8. The van der Waals surface area contributed by atoms with Gasteiger partial charge >= 0.3 is 5.97 Å². The minimum atomic E-state index is -2.81. The number of ether oxygens (including phenoxy) is 1. The molecule has 0 aliphatic carbocycles. The first-order valence-corrected chi connectivity index (χ1v) is 7.33. The first-order chi connectivity index (χ1) is 11.3. The summed E-state index contributed by atoms with van der Waals surface area (Å²) >= 11 is 0. The highest BCUT2D eigenvalue weighted by molar-refractivity contribution is 5.94. The van der Waals surface area contributed by atoms with Crippen LogP contribution in [0.1, 0.15) is 36.5 Å². The Morgan fingerprint density at radius 3 is 2.33 bits per heavy atom. The number of benzene rings is 1. The molecule has 0 bridgehead atoms. The summed E-state index contributed by atoms with van der Waals surface area (Å²) in [5, 5.41) is 10.8. The first-order valence-electron chi connectivity index (χ1n) is 7.33. The predicted octanol–water partition coefficient (Wildman–Crippen LogP) is 2.27. The van der Waals surface area contributed by atoms with Crippen molar-refractivity contribution < 1.29 is 33.0 Å². The second-order valence-electron chi connectivity index (χ2n) is 5.12. The minimum absolute atomic E-state index is 0.0431. The van der Waals surface area contributed by atoms with E-state index < -0.39 is 30.8 Å². The van der Waals surface area contributed by atoms with Gasteiger partial charge in [-0.05, 0) is 37.6 Å². The zero-order valence-corrected chi connectivity index (χ0v) is 13.1. The third-order valence-corrected chi connectivity index (χ3v) is 3.12. The lowest BCUT2D eigenvalue weighted by Crippen LogP contribution is -2.42. The number of hydrogen-bond donors (Lipinski definition) is 2. The number of carbonyl (C=O) groups excluding carboxylic acids is 2. The number of rotatable bonds is 10. The molecule has 6 nitrogen and oxygen atoms in total. The van der Waals surface area contributed by atoms with Gasteiger partial charge in [0.2, 0.25) is 12.3 Å². The second kappa shape index (κ2) is 9.59. The van der Waals surface area contributed by atoms with Crippen LogP contribution in [0.4, 0.5) is 8.78 Å². The van der Waals surface area contributed by atoms with Crippen LogP contribution in [0, 0.1) is 0 Å². The number of Topliss-reactive ketones (excluding diaryl/α,β-unsaturated/α-hetero) is 1. The fraction of sp³-hybridized carbons (Fsp3) is 0.438. The van der Waals surface area contributed by atoms with E-state index in [-0.39, 0.29) is 18.8 Å². The molecule has 0 saturated heterocycles. The number of amides is 1. The number of carbonyl (C=O) groups is 3. The number of aliphatic carboxylic acids is 1. The van der Waals surface area contributed by atoms with Crippen LogP contribution in [-0.2, 0) is 9.59 Å². The van der Waals surface area contributed by atoms with Crippen molar-refractivity contribution in [1.82, 2.24) is 5.32 Å². The van der Waals surface area contributed by atoms with Gasteiger partial charge in [-0.15, -0.1) is 0 Å². The second-order valence-corrected chi connectivity index (χ2v) is 5.12. The van der Waals surface area contributed by atoms with E-state index >= 15 is 0 Å². The van der Waals surface area contributed by atoms with E-state index in [4.69, 9.17) is 9.84 Å². The molecule has 1 aromatic rings. The van der Waals surface area contributed by atoms with Gasteiger partial charge in [0.1, 0.15) is 11.8 Å². The number of alkyl halides is 2. The lowest BCUT2D eigenvalue weighted by atomic mass is 10.1. The van der Waals surface area contributed by atoms with Crippen LogP contribution in [0.5, 0.6) is 5.75 Å². The molecule has 1 atom stereocenters. The molecule has 0 heterocycles. The molecule has 132 valence electrons. The molecule has 0 aromatic heterocycles. The largest absolute Gasteiger partial charge is 0.494 e. The molecular formula is C16H19F2NO5. The third-order valence-electron chi connectivity index (χ3n) is 3.12. The van der Waals surface area contributed by atoms with Gasteiger partial charge in [0, 0.05) is 18.4 Å². The van der Waals surface area contributed by atoms with Crippen LogP contribution in [0.2, 0.25) is 0 Å². The van der Waals surface area contributed by atoms with Gasteiger partial charge in [-0.25, -0.2) is 13.6 Å². The molecule has 8 heteroatoms. The summed E-state index contributed by atoms with van der Waals surface area (Å²) in [5.74, 6) is -1.65. The van der Waals surface area contributed by atoms with Gasteiger partial charge in [-0.2, -0.15) is 0 Å². The van der Waals surface area contributed by atoms with Crippen molar-refractivity contribution in [2.45, 2.75) is 38.7 Å². The number of carboxylic acid groups (broad SMARTS) is 1. The number of carboxylic acids is 1. The Morgan fingerprint density at radius 1 is 1.21 bits per heavy atom. The number of ketones is 1. The average Bonchev–Trinajstić information content (AvgIpc) is 2.50. The van der Waals surface area contributed by atoms with Gasteiger partial charge in [-0.1, -0.05) is 0 Å². The lowest BCUT2D eigenvalue weighted by molar-refractivity contribution is -0.143. The molecule has 0 radical (unpaired) electrons. The maximum absolute atomic E-state index is 12.2. The van der Waals surface area contributed by atoms with Crippen LogP contribution in [0.15, 0.2) is 24.3 Å². The summed E-state index contributed by atoms with van der Waals surface area (Å²) in [6.07, 6.45) is -3.49. The maximum atomic E-state index is 12.2. The first kappa shape index (κ1) is 19.5. The van der Waals surface area contributed by atoms with Crippen molar-refractivity contribution in [3.8, 4) is 5.75 Å². The van der Waals surface area contributed by atoms with E-state index in [1.54, 1.807) is 24.3 Å². The summed E-state index contributed by atoms with van der Waals surface area (Å²) in [4.78, 5) is 33.4. The lowest BCUT2D eigenvalue weighted by Gasteiger charge is -2.14. The van der Waals surface area contributed by atoms with Crippen LogP contribution >= 0.6 is 0 Å². The quantitative estimate of drug-likeness (QED) is 0.502. The molecule has 1 rings (SSSR count). The summed E-state index contributed by atoms with van der Waals surface area (Å²) in [6, 6.07) is 4.88. The Hall–Kier alpha value is -2.51. The number of nitrogens with one attached hydrogen (secondary N) is 1. The Morgan fingerprint density at radius 2 is 1.83 bits per heavy atom. The van der Waals surface area contributed by atoms with Crippen LogP contribution < -0.4 is 10.1 Å². The van der Waals surface area contributed by atoms with E-state index in [0.717, 1.165) is 0 Å². The summed E-state index contributed by atoms with van der Waals surface area (Å²) in [7, 11) is 0. The zero-order valence-electron chi connectivity index (χ0n) is 13.1. The monoisotopic (exact) mass is 343 g/mol. The SMILES string of the molecule is CC(=O)c1ccc(OCCCC(=O)NC(CC(F)F)C(=O)O)cc1. The van der Waals surface area contributed by atoms with Crippen molar-refractivity contribution >= 4 is 17.7 Å². The molecule has 0 fully saturated rings. The van der Waals surface area contributed by atoms with Crippen LogP contribution in [-0.4, -0.2) is 41.8 Å². The summed E-state index contributed by atoms with van der Waals surface area (Å²) in [5.41, 5.74) is 0.556. The van der Waals surface area contributed by atoms with E-state index in [2.05, 4.69) is 5.32 Å². The standard InChI is InChI=1S/C16H19F2NO5/c1-10(20)11-4-6-12(7-5-11)24-8-2-3-15(21)19-13(16(22)23)9-14(17)18/h4-7,13-14H,2-3,8-9H2,1H3,(H,19,21)(H,22,23). The Balaban J connectivity index is 2.32. The molecule has 1 amide bonds. The highest BCUT2D eigenvalue weighted by Gasteiger charge is 2.23. The Bertz CT molecular complexity index is 574. The van der Waals surface area contributed by atoms with Crippen LogP contribution in [0.3, 0.4) is 0 Å². The van der Waals surface area contributed by atoms with Gasteiger partial charge in [0.25, 0.3) is 0 Å². The summed E-state index contributed by atoms with van der Waals surface area (Å²) in [6.45, 7) is 1.65. The van der Waals surface area contributed by atoms with E-state index in [0.29, 0.717) is 17.7 Å². The minimum Gasteiger partial charge on any atom is -0.494 e. The average molecular weight is 343 g/mol. The number of hydrogen-bond acceptors (Lipinski definition) is 4. The maximum Gasteiger partial charge on any atom is 0.326 e. The zero-order chi connectivity index (χ0) is 18.1. The van der Waals surface area contributed by atoms with Gasteiger partial charge in [-0.3, -0.25) is 9.59 Å². The van der Waals surface area contributed by atoms with Gasteiger partial charge < -0.3 is 15.2 Å². The highest BCUT2D eigenvalue weighted by Crippen LogP contribution is 2.13. The molecule has 0 aliphatic rings. The van der Waals surface area contributed by atoms with Crippen molar-refractivity contribution in [3.63, 3.8) is 0 Å². The van der Waals surface area contributed by atoms with Crippen molar-refractivity contribution in [2.75, 3.05) is 6.61 Å². The molecule has 2 N–H and O–H groups in total. The fourth-order valence-electron chi connectivity index (χ4n) is 1.87. The number of halogens is 2. The fourth-order valence-corrected chi connectivity index (χ4v) is 1.87. The predicted molar refractivity (Wildman–Crippen MR) is 81.4 cm³/mol. The van der Waals surface area contributed by atoms with Crippen molar-refractivity contribution in [3.05, 3.63) is 29.8 Å². The van der Waals surface area contributed by atoms with E-state index in [1.807, 2.05) is 0 Å². The van der Waals surface area contributed by atoms with Crippen molar-refractivity contribution in [2.24, 2.45) is 0 Å². The van der Waals surface area contributed by atoms with Gasteiger partial charge in [0.05, 0.1) is 6.61 Å². The van der Waals surface area contributed by atoms with Gasteiger partial charge in [0.15, 0.2) is 5.78 Å². The normalized spacial score (nSPS) is 11.8. The van der Waals surface area contributed by atoms with Crippen LogP contribution in [0.25, 0.3) is 0 Å². The molecule has 0 aliphatic heterocycles. The molecule has 1 aromatic carbocycles. The van der Waals surface area contributed by atoms with Crippen molar-refractivity contribution in [1.29, 1.82) is 0 Å². The Labute approximate surface area is 137 Å². The molecule has 24 heavy (non-hydrogen) atoms. The molecule has 0 spiro atoms. The third kappa shape index (κ3) is 7.17. The molecule has 1 unspecified atom stereocenters. The Kier molecular flexibility index (Phi) is 7.81. The smallest absolute Gasteiger partial charge is 0.326 e. The topological polar surface area (TPSA) is 92.7 Å². The molecule has 0 saturated carbocycles.